The number of benzene rings is 1. The molecule has 1 spiro atoms. The Labute approximate surface area is 157 Å². The third-order valence-electron chi connectivity index (χ3n) is 5.45. The number of carbonyl (C=O) groups excluding carboxylic acids is 2. The van der Waals surface area contributed by atoms with Gasteiger partial charge in [0, 0.05) is 24.8 Å². The van der Waals surface area contributed by atoms with Gasteiger partial charge in [-0.05, 0) is 43.9 Å². The van der Waals surface area contributed by atoms with Gasteiger partial charge >= 0.3 is 0 Å². The third-order valence-corrected chi connectivity index (χ3v) is 5.45. The number of aromatic nitrogens is 2. The highest BCUT2D eigenvalue weighted by molar-refractivity contribution is 5.97. The van der Waals surface area contributed by atoms with Crippen molar-refractivity contribution in [3.8, 4) is 5.75 Å². The first-order valence-electron chi connectivity index (χ1n) is 9.07. The van der Waals surface area contributed by atoms with Crippen molar-refractivity contribution < 1.29 is 14.3 Å². The molecule has 2 amide bonds. The zero-order chi connectivity index (χ0) is 19.0. The van der Waals surface area contributed by atoms with E-state index in [1.165, 1.54) is 6.20 Å². The van der Waals surface area contributed by atoms with Crippen molar-refractivity contribution >= 4 is 11.8 Å². The van der Waals surface area contributed by atoms with Crippen LogP contribution in [0.5, 0.6) is 5.75 Å². The van der Waals surface area contributed by atoms with Gasteiger partial charge in [0.15, 0.2) is 0 Å². The summed E-state index contributed by atoms with van der Waals surface area (Å²) in [7, 11) is 1.59. The molecule has 2 aromatic rings. The number of likely N-dealkylation sites (tertiary alicyclic amines) is 1. The summed E-state index contributed by atoms with van der Waals surface area (Å²) in [5.41, 5.74) is 2.37. The van der Waals surface area contributed by atoms with Crippen LogP contribution in [-0.4, -0.2) is 52.4 Å². The molecule has 7 heteroatoms. The number of rotatable bonds is 2. The Hall–Kier alpha value is -2.96. The molecule has 7 nitrogen and oxygen atoms in total. The molecule has 0 saturated carbocycles. The highest BCUT2D eigenvalue weighted by Crippen LogP contribution is 2.32. The number of aryl methyl sites for hydroxylation is 2. The van der Waals surface area contributed by atoms with Crippen LogP contribution in [0.15, 0.2) is 30.6 Å². The minimum absolute atomic E-state index is 0.106. The van der Waals surface area contributed by atoms with Gasteiger partial charge in [-0.2, -0.15) is 0 Å². The standard InChI is InChI=1S/C20H22N4O3/c1-13-10-22-17(11-21-13)19(26)24-8-7-20(12-24)6-5-14-3-4-15(27-2)9-16(14)18(25)23-20/h3-4,9-11H,5-8,12H2,1-2H3,(H,23,25). The number of ether oxygens (including phenoxy) is 1. The molecule has 1 N–H and O–H groups in total. The van der Waals surface area contributed by atoms with E-state index >= 15 is 0 Å². The second-order valence-electron chi connectivity index (χ2n) is 7.28. The van der Waals surface area contributed by atoms with Crippen LogP contribution in [0.25, 0.3) is 0 Å². The summed E-state index contributed by atoms with van der Waals surface area (Å²) in [4.78, 5) is 35.7. The van der Waals surface area contributed by atoms with Crippen molar-refractivity contribution in [2.75, 3.05) is 20.2 Å². The van der Waals surface area contributed by atoms with Crippen LogP contribution in [0.3, 0.4) is 0 Å². The Balaban J connectivity index is 1.53. The first kappa shape index (κ1) is 17.5. The fraction of sp³-hybridized carbons (Fsp3) is 0.400. The summed E-state index contributed by atoms with van der Waals surface area (Å²) in [6, 6.07) is 5.61. The maximum Gasteiger partial charge on any atom is 0.274 e. The fourth-order valence-electron chi connectivity index (χ4n) is 3.87. The van der Waals surface area contributed by atoms with Gasteiger partial charge in [0.2, 0.25) is 0 Å². The van der Waals surface area contributed by atoms with Crippen molar-refractivity contribution in [1.29, 1.82) is 0 Å². The van der Waals surface area contributed by atoms with E-state index in [9.17, 15) is 9.59 Å². The summed E-state index contributed by atoms with van der Waals surface area (Å²) in [6.07, 6.45) is 5.41. The molecule has 0 radical (unpaired) electrons. The first-order chi connectivity index (χ1) is 13.0. The molecule has 1 fully saturated rings. The van der Waals surface area contributed by atoms with Crippen LogP contribution in [0.1, 0.15) is 44.9 Å². The van der Waals surface area contributed by atoms with E-state index in [-0.39, 0.29) is 11.8 Å². The molecular weight excluding hydrogens is 344 g/mol. The Morgan fingerprint density at radius 3 is 2.85 bits per heavy atom. The number of hydrogen-bond donors (Lipinski definition) is 1. The molecule has 1 aromatic heterocycles. The van der Waals surface area contributed by atoms with Crippen LogP contribution in [0.2, 0.25) is 0 Å². The Morgan fingerprint density at radius 1 is 1.26 bits per heavy atom. The van der Waals surface area contributed by atoms with Crippen LogP contribution in [0.4, 0.5) is 0 Å². The molecule has 1 aromatic carbocycles. The molecule has 4 rings (SSSR count). The average Bonchev–Trinajstić information content (AvgIpc) is 3.04. The van der Waals surface area contributed by atoms with E-state index in [1.807, 2.05) is 19.1 Å². The molecule has 27 heavy (non-hydrogen) atoms. The minimum atomic E-state index is -0.406. The van der Waals surface area contributed by atoms with Gasteiger partial charge in [-0.3, -0.25) is 14.6 Å². The molecular formula is C20H22N4O3. The van der Waals surface area contributed by atoms with Crippen LogP contribution < -0.4 is 10.1 Å². The van der Waals surface area contributed by atoms with Crippen molar-refractivity contribution in [2.24, 2.45) is 0 Å². The van der Waals surface area contributed by atoms with Gasteiger partial charge in [-0.15, -0.1) is 0 Å². The molecule has 0 bridgehead atoms. The van der Waals surface area contributed by atoms with Crippen molar-refractivity contribution in [3.63, 3.8) is 0 Å². The second-order valence-corrected chi connectivity index (χ2v) is 7.28. The summed E-state index contributed by atoms with van der Waals surface area (Å²) in [6.45, 7) is 2.91. The number of nitrogens with zero attached hydrogens (tertiary/aromatic N) is 3. The smallest absolute Gasteiger partial charge is 0.274 e. The van der Waals surface area contributed by atoms with Gasteiger partial charge in [0.25, 0.3) is 11.8 Å². The highest BCUT2D eigenvalue weighted by Gasteiger charge is 2.43. The molecule has 1 atom stereocenters. The van der Waals surface area contributed by atoms with Gasteiger partial charge in [-0.25, -0.2) is 4.98 Å². The Bertz CT molecular complexity index is 897. The maximum atomic E-state index is 12.8. The quantitative estimate of drug-likeness (QED) is 0.875. The number of carbonyl (C=O) groups is 2. The zero-order valence-corrected chi connectivity index (χ0v) is 15.5. The fourth-order valence-corrected chi connectivity index (χ4v) is 3.87. The summed E-state index contributed by atoms with van der Waals surface area (Å²) >= 11 is 0. The van der Waals surface area contributed by atoms with Crippen molar-refractivity contribution in [3.05, 3.63) is 53.1 Å². The average molecular weight is 366 g/mol. The summed E-state index contributed by atoms with van der Waals surface area (Å²) in [5, 5.41) is 3.18. The zero-order valence-electron chi connectivity index (χ0n) is 15.5. The Morgan fingerprint density at radius 2 is 2.11 bits per heavy atom. The number of amides is 2. The van der Waals surface area contributed by atoms with Crippen molar-refractivity contribution in [2.45, 2.75) is 31.7 Å². The molecule has 2 aliphatic rings. The molecule has 2 aliphatic heterocycles. The predicted octanol–water partition coefficient (Wildman–Crippen LogP) is 1.75. The summed E-state index contributed by atoms with van der Waals surface area (Å²) in [5.74, 6) is 0.420. The van der Waals surface area contributed by atoms with Crippen LogP contribution >= 0.6 is 0 Å². The lowest BCUT2D eigenvalue weighted by molar-refractivity contribution is 0.0759. The number of methoxy groups -OCH3 is 1. The maximum absolute atomic E-state index is 12.8. The van der Waals surface area contributed by atoms with E-state index in [0.29, 0.717) is 30.1 Å². The minimum Gasteiger partial charge on any atom is -0.497 e. The van der Waals surface area contributed by atoms with E-state index in [4.69, 9.17) is 4.74 Å². The number of fused-ring (bicyclic) bond motifs is 1. The lowest BCUT2D eigenvalue weighted by atomic mass is 9.91. The van der Waals surface area contributed by atoms with Gasteiger partial charge in [-0.1, -0.05) is 6.07 Å². The third kappa shape index (κ3) is 3.25. The number of nitrogens with one attached hydrogen (secondary N) is 1. The lowest BCUT2D eigenvalue weighted by Gasteiger charge is -2.28. The molecule has 0 aliphatic carbocycles. The van der Waals surface area contributed by atoms with E-state index in [1.54, 1.807) is 24.3 Å². The molecule has 140 valence electrons. The Kier molecular flexibility index (Phi) is 4.30. The van der Waals surface area contributed by atoms with Gasteiger partial charge in [0.05, 0.1) is 24.5 Å². The lowest BCUT2D eigenvalue weighted by Crippen LogP contribution is -2.50. The number of hydrogen-bond acceptors (Lipinski definition) is 5. The van der Waals surface area contributed by atoms with E-state index in [0.717, 1.165) is 30.5 Å². The second kappa shape index (κ2) is 6.64. The van der Waals surface area contributed by atoms with Gasteiger partial charge in [0.1, 0.15) is 11.4 Å². The molecule has 1 saturated heterocycles. The normalized spacial score (nSPS) is 21.6. The van der Waals surface area contributed by atoms with Crippen LogP contribution in [0, 0.1) is 6.92 Å². The monoisotopic (exact) mass is 366 g/mol. The highest BCUT2D eigenvalue weighted by atomic mass is 16.5. The van der Waals surface area contributed by atoms with E-state index < -0.39 is 5.54 Å². The molecule has 3 heterocycles. The van der Waals surface area contributed by atoms with E-state index in [2.05, 4.69) is 15.3 Å². The van der Waals surface area contributed by atoms with Gasteiger partial charge < -0.3 is 15.0 Å². The predicted molar refractivity (Wildman–Crippen MR) is 98.8 cm³/mol. The molecule has 1 unspecified atom stereocenters. The topological polar surface area (TPSA) is 84.4 Å². The first-order valence-corrected chi connectivity index (χ1v) is 9.07. The SMILES string of the molecule is COc1ccc2c(c1)C(=O)NC1(CC2)CCN(C(=O)c2cnc(C)cn2)C1. The van der Waals surface area contributed by atoms with Crippen LogP contribution in [-0.2, 0) is 6.42 Å². The summed E-state index contributed by atoms with van der Waals surface area (Å²) < 4.78 is 5.25. The largest absolute Gasteiger partial charge is 0.497 e. The van der Waals surface area contributed by atoms with Crippen molar-refractivity contribution in [1.82, 2.24) is 20.2 Å².